The van der Waals surface area contributed by atoms with E-state index in [1.807, 2.05) is 31.2 Å². The number of benzene rings is 2. The van der Waals surface area contributed by atoms with Gasteiger partial charge >= 0.3 is 5.97 Å². The Kier molecular flexibility index (Phi) is 5.11. The second-order valence-electron chi connectivity index (χ2n) is 6.12. The maximum atomic E-state index is 12.6. The van der Waals surface area contributed by atoms with Crippen molar-refractivity contribution in [2.75, 3.05) is 25.7 Å². The number of esters is 1. The van der Waals surface area contributed by atoms with E-state index in [1.54, 1.807) is 23.1 Å². The predicted molar refractivity (Wildman–Crippen MR) is 96.9 cm³/mol. The second kappa shape index (κ2) is 7.47. The Morgan fingerprint density at radius 1 is 1.08 bits per heavy atom. The average Bonchev–Trinajstić information content (AvgIpc) is 3.01. The number of carbonyl (C=O) groups excluding carboxylic acids is 2. The summed E-state index contributed by atoms with van der Waals surface area (Å²) in [5, 5.41) is 0. The second-order valence-corrected chi connectivity index (χ2v) is 6.12. The van der Waals surface area contributed by atoms with Crippen LogP contribution in [0.1, 0.15) is 22.8 Å². The standard InChI is InChI=1S/C20H21NO5/c1-13-8-14-6-4-5-7-18(14)21(13)19(22)12-26-20(23)15-9-16(24-2)11-17(10-15)25-3/h4-7,9-11,13H,8,12H2,1-3H3/t13-/m0/s1. The summed E-state index contributed by atoms with van der Waals surface area (Å²) in [4.78, 5) is 26.6. The third-order valence-electron chi connectivity index (χ3n) is 4.39. The molecule has 3 rings (SSSR count). The van der Waals surface area contributed by atoms with Gasteiger partial charge in [-0.15, -0.1) is 0 Å². The first kappa shape index (κ1) is 17.8. The first-order chi connectivity index (χ1) is 12.5. The lowest BCUT2D eigenvalue weighted by Crippen LogP contribution is -2.38. The van der Waals surface area contributed by atoms with Gasteiger partial charge in [-0.3, -0.25) is 4.79 Å². The van der Waals surface area contributed by atoms with Crippen molar-refractivity contribution < 1.29 is 23.8 Å². The Morgan fingerprint density at radius 3 is 2.38 bits per heavy atom. The minimum absolute atomic E-state index is 0.0375. The van der Waals surface area contributed by atoms with E-state index in [0.29, 0.717) is 11.5 Å². The van der Waals surface area contributed by atoms with E-state index in [2.05, 4.69) is 0 Å². The van der Waals surface area contributed by atoms with E-state index in [1.165, 1.54) is 14.2 Å². The van der Waals surface area contributed by atoms with Gasteiger partial charge in [0.05, 0.1) is 19.8 Å². The molecule has 0 bridgehead atoms. The first-order valence-electron chi connectivity index (χ1n) is 8.33. The van der Waals surface area contributed by atoms with Crippen LogP contribution in [-0.4, -0.2) is 38.7 Å². The van der Waals surface area contributed by atoms with Crippen molar-refractivity contribution in [2.24, 2.45) is 0 Å². The normalized spacial score (nSPS) is 15.3. The summed E-state index contributed by atoms with van der Waals surface area (Å²) >= 11 is 0. The molecule has 0 spiro atoms. The maximum absolute atomic E-state index is 12.6. The molecule has 0 radical (unpaired) electrons. The van der Waals surface area contributed by atoms with E-state index < -0.39 is 5.97 Å². The summed E-state index contributed by atoms with van der Waals surface area (Å²) in [5.74, 6) is 0.107. The van der Waals surface area contributed by atoms with Crippen LogP contribution >= 0.6 is 0 Å². The van der Waals surface area contributed by atoms with Gasteiger partial charge in [0.2, 0.25) is 0 Å². The zero-order valence-electron chi connectivity index (χ0n) is 15.0. The van der Waals surface area contributed by atoms with Crippen LogP contribution in [0.4, 0.5) is 5.69 Å². The molecule has 0 fully saturated rings. The molecule has 0 saturated heterocycles. The van der Waals surface area contributed by atoms with Gasteiger partial charge in [0.25, 0.3) is 5.91 Å². The Morgan fingerprint density at radius 2 is 1.73 bits per heavy atom. The van der Waals surface area contributed by atoms with Gasteiger partial charge in [-0.1, -0.05) is 18.2 Å². The van der Waals surface area contributed by atoms with Gasteiger partial charge in [0.1, 0.15) is 11.5 Å². The summed E-state index contributed by atoms with van der Waals surface area (Å²) in [5.41, 5.74) is 2.27. The Hall–Kier alpha value is -3.02. The molecule has 0 aromatic heterocycles. The van der Waals surface area contributed by atoms with Gasteiger partial charge in [0.15, 0.2) is 6.61 Å². The zero-order chi connectivity index (χ0) is 18.7. The van der Waals surface area contributed by atoms with Crippen LogP contribution in [0.5, 0.6) is 11.5 Å². The lowest BCUT2D eigenvalue weighted by atomic mass is 10.1. The number of fused-ring (bicyclic) bond motifs is 1. The molecular weight excluding hydrogens is 334 g/mol. The van der Waals surface area contributed by atoms with Crippen molar-refractivity contribution in [1.29, 1.82) is 0 Å². The number of methoxy groups -OCH3 is 2. The van der Waals surface area contributed by atoms with Gasteiger partial charge in [-0.05, 0) is 37.1 Å². The molecule has 1 aliphatic heterocycles. The monoisotopic (exact) mass is 355 g/mol. The molecule has 136 valence electrons. The summed E-state index contributed by atoms with van der Waals surface area (Å²) in [6, 6.07) is 12.5. The smallest absolute Gasteiger partial charge is 0.338 e. The quantitative estimate of drug-likeness (QED) is 0.772. The van der Waals surface area contributed by atoms with Crippen molar-refractivity contribution in [3.05, 3.63) is 53.6 Å². The van der Waals surface area contributed by atoms with Crippen LogP contribution in [0.2, 0.25) is 0 Å². The van der Waals surface area contributed by atoms with Crippen molar-refractivity contribution in [3.63, 3.8) is 0 Å². The fourth-order valence-electron chi connectivity index (χ4n) is 3.15. The number of hydrogen-bond acceptors (Lipinski definition) is 5. The molecule has 1 amide bonds. The minimum atomic E-state index is -0.601. The average molecular weight is 355 g/mol. The van der Waals surface area contributed by atoms with Crippen LogP contribution in [0.15, 0.2) is 42.5 Å². The van der Waals surface area contributed by atoms with E-state index in [-0.39, 0.29) is 24.1 Å². The molecule has 2 aromatic carbocycles. The Bertz CT molecular complexity index is 810. The van der Waals surface area contributed by atoms with Gasteiger partial charge < -0.3 is 19.1 Å². The number of nitrogens with zero attached hydrogens (tertiary/aromatic N) is 1. The van der Waals surface area contributed by atoms with Crippen LogP contribution in [0, 0.1) is 0 Å². The topological polar surface area (TPSA) is 65.1 Å². The van der Waals surface area contributed by atoms with Crippen LogP contribution < -0.4 is 14.4 Å². The third kappa shape index (κ3) is 3.49. The number of ether oxygens (including phenoxy) is 3. The van der Waals surface area contributed by atoms with Crippen molar-refractivity contribution in [3.8, 4) is 11.5 Å². The molecule has 0 aliphatic carbocycles. The highest BCUT2D eigenvalue weighted by molar-refractivity contribution is 5.99. The van der Waals surface area contributed by atoms with Gasteiger partial charge in [0, 0.05) is 17.8 Å². The fourth-order valence-corrected chi connectivity index (χ4v) is 3.15. The molecule has 0 N–H and O–H groups in total. The van der Waals surface area contributed by atoms with Gasteiger partial charge in [-0.25, -0.2) is 4.79 Å². The summed E-state index contributed by atoms with van der Waals surface area (Å²) < 4.78 is 15.5. The summed E-state index contributed by atoms with van der Waals surface area (Å²) in [6.07, 6.45) is 0.795. The first-order valence-corrected chi connectivity index (χ1v) is 8.33. The van der Waals surface area contributed by atoms with Crippen LogP contribution in [0.25, 0.3) is 0 Å². The summed E-state index contributed by atoms with van der Waals surface area (Å²) in [6.45, 7) is 1.66. The lowest BCUT2D eigenvalue weighted by Gasteiger charge is -2.22. The number of anilines is 1. The SMILES string of the molecule is COc1cc(OC)cc(C(=O)OCC(=O)N2c3ccccc3C[C@@H]2C)c1. The minimum Gasteiger partial charge on any atom is -0.497 e. The fraction of sp³-hybridized carbons (Fsp3) is 0.300. The number of para-hydroxylation sites is 1. The number of hydrogen-bond donors (Lipinski definition) is 0. The van der Waals surface area contributed by atoms with Crippen molar-refractivity contribution >= 4 is 17.6 Å². The molecule has 1 aliphatic rings. The van der Waals surface area contributed by atoms with Crippen LogP contribution in [0.3, 0.4) is 0 Å². The molecule has 1 heterocycles. The highest BCUT2D eigenvalue weighted by Crippen LogP contribution is 2.31. The van der Waals surface area contributed by atoms with E-state index in [0.717, 1.165) is 17.7 Å². The van der Waals surface area contributed by atoms with E-state index in [4.69, 9.17) is 14.2 Å². The maximum Gasteiger partial charge on any atom is 0.338 e. The Labute approximate surface area is 152 Å². The van der Waals surface area contributed by atoms with E-state index in [9.17, 15) is 9.59 Å². The number of amides is 1. The van der Waals surface area contributed by atoms with E-state index >= 15 is 0 Å². The summed E-state index contributed by atoms with van der Waals surface area (Å²) in [7, 11) is 3.00. The molecule has 0 saturated carbocycles. The lowest BCUT2D eigenvalue weighted by molar-refractivity contribution is -0.122. The molecular formula is C20H21NO5. The van der Waals surface area contributed by atoms with Crippen molar-refractivity contribution in [2.45, 2.75) is 19.4 Å². The highest BCUT2D eigenvalue weighted by Gasteiger charge is 2.31. The van der Waals surface area contributed by atoms with Crippen LogP contribution in [-0.2, 0) is 16.0 Å². The molecule has 6 heteroatoms. The predicted octanol–water partition coefficient (Wildman–Crippen LogP) is 2.84. The zero-order valence-corrected chi connectivity index (χ0v) is 15.0. The molecule has 2 aromatic rings. The molecule has 26 heavy (non-hydrogen) atoms. The van der Waals surface area contributed by atoms with Crippen molar-refractivity contribution in [1.82, 2.24) is 0 Å². The number of carbonyl (C=O) groups is 2. The number of rotatable bonds is 5. The highest BCUT2D eigenvalue weighted by atomic mass is 16.5. The largest absolute Gasteiger partial charge is 0.497 e. The third-order valence-corrected chi connectivity index (χ3v) is 4.39. The Balaban J connectivity index is 1.69. The molecule has 0 unspecified atom stereocenters. The molecule has 6 nitrogen and oxygen atoms in total. The van der Waals surface area contributed by atoms with Gasteiger partial charge in [-0.2, -0.15) is 0 Å². The molecule has 1 atom stereocenters.